The zero-order chi connectivity index (χ0) is 11.5. The van der Waals surface area contributed by atoms with Crippen molar-refractivity contribution in [3.05, 3.63) is 36.1 Å². The molecule has 0 spiro atoms. The summed E-state index contributed by atoms with van der Waals surface area (Å²) in [5.74, 6) is 0. The number of hydrogen-bond donors (Lipinski definition) is 0. The van der Waals surface area contributed by atoms with Gasteiger partial charge in [-0.2, -0.15) is 5.26 Å². The molecule has 82 valence electrons. The van der Waals surface area contributed by atoms with Crippen LogP contribution in [0.15, 0.2) is 34.9 Å². The van der Waals surface area contributed by atoms with Crippen LogP contribution >= 0.6 is 0 Å². The zero-order valence-corrected chi connectivity index (χ0v) is 9.47. The molecule has 0 aliphatic carbocycles. The summed E-state index contributed by atoms with van der Waals surface area (Å²) in [6, 6.07) is 10.2. The highest BCUT2D eigenvalue weighted by Gasteiger charge is 2.18. The van der Waals surface area contributed by atoms with Crippen LogP contribution in [0.2, 0.25) is 0 Å². The molecule has 0 aliphatic heterocycles. The first-order valence-corrected chi connectivity index (χ1v) is 5.23. The lowest BCUT2D eigenvalue weighted by Crippen LogP contribution is -2.19. The Bertz CT molecular complexity index is 522. The number of hydrogen-bond acceptors (Lipinski definition) is 3. The maximum atomic E-state index is 8.85. The summed E-state index contributed by atoms with van der Waals surface area (Å²) < 4.78 is 5.49. The number of rotatable bonds is 3. The third-order valence-corrected chi connectivity index (χ3v) is 2.78. The second-order valence-electron chi connectivity index (χ2n) is 4.03. The maximum absolute atomic E-state index is 8.85. The number of nitrogens with zero attached hydrogens (tertiary/aromatic N) is 2. The Kier molecular flexibility index (Phi) is 2.93. The SMILES string of the molecule is CN(C)C(CC#N)c1coc2ccccc12. The molecule has 1 aromatic heterocycles. The predicted molar refractivity (Wildman–Crippen MR) is 62.9 cm³/mol. The first kappa shape index (κ1) is 10.7. The standard InChI is InChI=1S/C13H14N2O/c1-15(2)12(7-8-14)11-9-16-13-6-4-3-5-10(11)13/h3-6,9,12H,7H2,1-2H3. The normalized spacial score (nSPS) is 12.9. The van der Waals surface area contributed by atoms with Crippen molar-refractivity contribution in [2.24, 2.45) is 0 Å². The summed E-state index contributed by atoms with van der Waals surface area (Å²) in [7, 11) is 3.95. The Labute approximate surface area is 94.9 Å². The lowest BCUT2D eigenvalue weighted by atomic mass is 10.0. The molecule has 1 unspecified atom stereocenters. The van der Waals surface area contributed by atoms with Crippen molar-refractivity contribution < 1.29 is 4.42 Å². The monoisotopic (exact) mass is 214 g/mol. The molecule has 0 radical (unpaired) electrons. The summed E-state index contributed by atoms with van der Waals surface area (Å²) in [5, 5.41) is 9.94. The van der Waals surface area contributed by atoms with E-state index in [1.807, 2.05) is 43.3 Å². The van der Waals surface area contributed by atoms with Crippen molar-refractivity contribution in [1.29, 1.82) is 5.26 Å². The van der Waals surface area contributed by atoms with E-state index in [2.05, 4.69) is 6.07 Å². The van der Waals surface area contributed by atoms with Crippen molar-refractivity contribution in [1.82, 2.24) is 4.90 Å². The van der Waals surface area contributed by atoms with Gasteiger partial charge in [0, 0.05) is 10.9 Å². The Hall–Kier alpha value is -1.79. The predicted octanol–water partition coefficient (Wildman–Crippen LogP) is 2.95. The van der Waals surface area contributed by atoms with Gasteiger partial charge in [0.15, 0.2) is 0 Å². The van der Waals surface area contributed by atoms with Crippen molar-refractivity contribution in [2.75, 3.05) is 14.1 Å². The maximum Gasteiger partial charge on any atom is 0.134 e. The van der Waals surface area contributed by atoms with Gasteiger partial charge in [-0.1, -0.05) is 18.2 Å². The fourth-order valence-corrected chi connectivity index (χ4v) is 1.91. The van der Waals surface area contributed by atoms with Gasteiger partial charge in [0.25, 0.3) is 0 Å². The molecule has 0 amide bonds. The molecule has 1 aromatic carbocycles. The molecule has 0 saturated heterocycles. The van der Waals surface area contributed by atoms with Crippen LogP contribution in [0.4, 0.5) is 0 Å². The van der Waals surface area contributed by atoms with Gasteiger partial charge in [-0.05, 0) is 20.2 Å². The molecule has 3 heteroatoms. The first-order chi connectivity index (χ1) is 7.74. The molecule has 0 fully saturated rings. The fourth-order valence-electron chi connectivity index (χ4n) is 1.91. The molecule has 0 bridgehead atoms. The Morgan fingerprint density at radius 2 is 2.12 bits per heavy atom. The number of furan rings is 1. The molecule has 3 nitrogen and oxygen atoms in total. The van der Waals surface area contributed by atoms with Crippen molar-refractivity contribution in [2.45, 2.75) is 12.5 Å². The molecule has 16 heavy (non-hydrogen) atoms. The van der Waals surface area contributed by atoms with E-state index >= 15 is 0 Å². The highest BCUT2D eigenvalue weighted by Crippen LogP contribution is 2.30. The van der Waals surface area contributed by atoms with E-state index in [1.165, 1.54) is 0 Å². The number of nitriles is 1. The van der Waals surface area contributed by atoms with Gasteiger partial charge >= 0.3 is 0 Å². The lowest BCUT2D eigenvalue weighted by Gasteiger charge is -2.20. The van der Waals surface area contributed by atoms with Crippen LogP contribution in [-0.2, 0) is 0 Å². The largest absolute Gasteiger partial charge is 0.464 e. The Morgan fingerprint density at radius 3 is 2.81 bits per heavy atom. The summed E-state index contributed by atoms with van der Waals surface area (Å²) in [4.78, 5) is 2.04. The van der Waals surface area contributed by atoms with Gasteiger partial charge < -0.3 is 9.32 Å². The summed E-state index contributed by atoms with van der Waals surface area (Å²) in [5.41, 5.74) is 1.96. The third kappa shape index (κ3) is 1.80. The number of para-hydroxylation sites is 1. The van der Waals surface area contributed by atoms with Gasteiger partial charge in [0.2, 0.25) is 0 Å². The van der Waals surface area contributed by atoms with Crippen molar-refractivity contribution in [3.63, 3.8) is 0 Å². The van der Waals surface area contributed by atoms with Gasteiger partial charge in [0.05, 0.1) is 24.8 Å². The lowest BCUT2D eigenvalue weighted by molar-refractivity contribution is 0.303. The highest BCUT2D eigenvalue weighted by atomic mass is 16.3. The second-order valence-corrected chi connectivity index (χ2v) is 4.03. The Balaban J connectivity index is 2.49. The first-order valence-electron chi connectivity index (χ1n) is 5.23. The van der Waals surface area contributed by atoms with Gasteiger partial charge in [-0.25, -0.2) is 0 Å². The van der Waals surface area contributed by atoms with Crippen LogP contribution in [0, 0.1) is 11.3 Å². The van der Waals surface area contributed by atoms with Gasteiger partial charge in [-0.3, -0.25) is 0 Å². The average molecular weight is 214 g/mol. The van der Waals surface area contributed by atoms with E-state index in [0.717, 1.165) is 16.5 Å². The van der Waals surface area contributed by atoms with E-state index in [1.54, 1.807) is 6.26 Å². The minimum Gasteiger partial charge on any atom is -0.464 e. The second kappa shape index (κ2) is 4.38. The van der Waals surface area contributed by atoms with Crippen LogP contribution in [0.5, 0.6) is 0 Å². The molecule has 0 aliphatic rings. The van der Waals surface area contributed by atoms with Crippen molar-refractivity contribution in [3.8, 4) is 6.07 Å². The van der Waals surface area contributed by atoms with E-state index in [4.69, 9.17) is 9.68 Å². The number of fused-ring (bicyclic) bond motifs is 1. The average Bonchev–Trinajstić information content (AvgIpc) is 2.69. The molecule has 1 heterocycles. The van der Waals surface area contributed by atoms with Crippen LogP contribution in [0.25, 0.3) is 11.0 Å². The van der Waals surface area contributed by atoms with Crippen LogP contribution in [-0.4, -0.2) is 19.0 Å². The van der Waals surface area contributed by atoms with E-state index in [-0.39, 0.29) is 6.04 Å². The van der Waals surface area contributed by atoms with Gasteiger partial charge in [-0.15, -0.1) is 0 Å². The third-order valence-electron chi connectivity index (χ3n) is 2.78. The van der Waals surface area contributed by atoms with E-state index in [0.29, 0.717) is 6.42 Å². The number of benzene rings is 1. The van der Waals surface area contributed by atoms with Crippen LogP contribution in [0.1, 0.15) is 18.0 Å². The van der Waals surface area contributed by atoms with Crippen LogP contribution < -0.4 is 0 Å². The summed E-state index contributed by atoms with van der Waals surface area (Å²) in [6.07, 6.45) is 2.23. The van der Waals surface area contributed by atoms with Crippen molar-refractivity contribution >= 4 is 11.0 Å². The molecule has 0 saturated carbocycles. The quantitative estimate of drug-likeness (QED) is 0.788. The van der Waals surface area contributed by atoms with Crippen LogP contribution in [0.3, 0.4) is 0 Å². The highest BCUT2D eigenvalue weighted by molar-refractivity contribution is 5.81. The summed E-state index contributed by atoms with van der Waals surface area (Å²) >= 11 is 0. The smallest absolute Gasteiger partial charge is 0.134 e. The van der Waals surface area contributed by atoms with E-state index < -0.39 is 0 Å². The molecule has 2 rings (SSSR count). The van der Waals surface area contributed by atoms with E-state index in [9.17, 15) is 0 Å². The minimum atomic E-state index is 0.0913. The molecular formula is C13H14N2O. The summed E-state index contributed by atoms with van der Waals surface area (Å²) in [6.45, 7) is 0. The fraction of sp³-hybridized carbons (Fsp3) is 0.308. The molecule has 1 atom stereocenters. The molecular weight excluding hydrogens is 200 g/mol. The molecule has 0 N–H and O–H groups in total. The van der Waals surface area contributed by atoms with Gasteiger partial charge in [0.1, 0.15) is 5.58 Å². The Morgan fingerprint density at radius 1 is 1.38 bits per heavy atom. The topological polar surface area (TPSA) is 40.2 Å². The molecule has 2 aromatic rings. The zero-order valence-electron chi connectivity index (χ0n) is 9.47. The minimum absolute atomic E-state index is 0.0913.